The molecule has 0 unspecified atom stereocenters. The molecule has 0 atom stereocenters. The molecule has 1 aliphatic carbocycles. The monoisotopic (exact) mass is 236 g/mol. The Kier molecular flexibility index (Phi) is 3.17. The van der Waals surface area contributed by atoms with Crippen molar-refractivity contribution >= 4 is 5.91 Å². The molecule has 0 bridgehead atoms. The lowest BCUT2D eigenvalue weighted by atomic mass is 10.3. The minimum absolute atomic E-state index is 0.00146. The van der Waals surface area contributed by atoms with Gasteiger partial charge in [-0.1, -0.05) is 0 Å². The van der Waals surface area contributed by atoms with E-state index in [2.05, 4.69) is 4.98 Å². The van der Waals surface area contributed by atoms with Crippen molar-refractivity contribution in [1.29, 1.82) is 0 Å². The first-order valence-corrected chi connectivity index (χ1v) is 5.70. The Morgan fingerprint density at radius 2 is 2.18 bits per heavy atom. The molecule has 5 nitrogen and oxygen atoms in total. The summed E-state index contributed by atoms with van der Waals surface area (Å²) >= 11 is 0. The SMILES string of the molecule is CC(C)Oc1ccc(OC2CC2)c(C(N)=O)n1. The van der Waals surface area contributed by atoms with Crippen LogP contribution in [0.4, 0.5) is 0 Å². The van der Waals surface area contributed by atoms with E-state index < -0.39 is 5.91 Å². The molecule has 1 fully saturated rings. The van der Waals surface area contributed by atoms with E-state index in [0.29, 0.717) is 11.6 Å². The number of nitrogens with zero attached hydrogens (tertiary/aromatic N) is 1. The van der Waals surface area contributed by atoms with Crippen LogP contribution in [-0.2, 0) is 0 Å². The second-order valence-electron chi connectivity index (χ2n) is 4.34. The van der Waals surface area contributed by atoms with Crippen LogP contribution in [0.1, 0.15) is 37.2 Å². The molecule has 5 heteroatoms. The highest BCUT2D eigenvalue weighted by Crippen LogP contribution is 2.29. The van der Waals surface area contributed by atoms with Crippen molar-refractivity contribution in [3.63, 3.8) is 0 Å². The van der Waals surface area contributed by atoms with Gasteiger partial charge >= 0.3 is 0 Å². The molecule has 1 aromatic rings. The predicted molar refractivity (Wildman–Crippen MR) is 62.2 cm³/mol. The van der Waals surface area contributed by atoms with Crippen molar-refractivity contribution in [2.24, 2.45) is 5.73 Å². The third-order valence-electron chi connectivity index (χ3n) is 2.24. The van der Waals surface area contributed by atoms with Gasteiger partial charge in [0.1, 0.15) is 0 Å². The van der Waals surface area contributed by atoms with Crippen molar-refractivity contribution in [3.05, 3.63) is 17.8 Å². The van der Waals surface area contributed by atoms with Gasteiger partial charge in [0.2, 0.25) is 5.88 Å². The standard InChI is InChI=1S/C12H16N2O3/c1-7(2)16-10-6-5-9(17-8-3-4-8)11(14-10)12(13)15/h5-8H,3-4H2,1-2H3,(H2,13,15). The summed E-state index contributed by atoms with van der Waals surface area (Å²) in [7, 11) is 0. The fourth-order valence-corrected chi connectivity index (χ4v) is 1.37. The highest BCUT2D eigenvalue weighted by molar-refractivity contribution is 5.93. The quantitative estimate of drug-likeness (QED) is 0.840. The van der Waals surface area contributed by atoms with Gasteiger partial charge in [-0.25, -0.2) is 4.98 Å². The zero-order chi connectivity index (χ0) is 12.4. The Morgan fingerprint density at radius 1 is 1.47 bits per heavy atom. The van der Waals surface area contributed by atoms with E-state index in [-0.39, 0.29) is 17.9 Å². The number of hydrogen-bond donors (Lipinski definition) is 1. The van der Waals surface area contributed by atoms with Crippen LogP contribution >= 0.6 is 0 Å². The number of hydrogen-bond acceptors (Lipinski definition) is 4. The van der Waals surface area contributed by atoms with Crippen LogP contribution < -0.4 is 15.2 Å². The molecule has 2 rings (SSSR count). The van der Waals surface area contributed by atoms with Gasteiger partial charge in [0.15, 0.2) is 11.4 Å². The number of carbonyl (C=O) groups is 1. The summed E-state index contributed by atoms with van der Waals surface area (Å²) in [6, 6.07) is 3.37. The molecule has 2 N–H and O–H groups in total. The molecule has 0 radical (unpaired) electrons. The first-order valence-electron chi connectivity index (χ1n) is 5.70. The van der Waals surface area contributed by atoms with Crippen LogP contribution in [0.5, 0.6) is 11.6 Å². The molecule has 1 amide bonds. The Balaban J connectivity index is 2.23. The number of nitrogens with two attached hydrogens (primary N) is 1. The maximum atomic E-state index is 11.3. The van der Waals surface area contributed by atoms with E-state index in [9.17, 15) is 4.79 Å². The molecule has 0 aromatic carbocycles. The van der Waals surface area contributed by atoms with Gasteiger partial charge < -0.3 is 15.2 Å². The highest BCUT2D eigenvalue weighted by Gasteiger charge is 2.26. The van der Waals surface area contributed by atoms with Crippen LogP contribution in [0.2, 0.25) is 0 Å². The molecule has 0 saturated heterocycles. The first kappa shape index (κ1) is 11.7. The zero-order valence-electron chi connectivity index (χ0n) is 9.97. The number of primary amides is 1. The molecule has 1 aromatic heterocycles. The normalized spacial score (nSPS) is 14.8. The number of rotatable bonds is 5. The lowest BCUT2D eigenvalue weighted by Gasteiger charge is -2.12. The second-order valence-corrected chi connectivity index (χ2v) is 4.34. The molecular weight excluding hydrogens is 220 g/mol. The average Bonchev–Trinajstić information content (AvgIpc) is 3.03. The van der Waals surface area contributed by atoms with Gasteiger partial charge in [0, 0.05) is 6.07 Å². The molecule has 0 spiro atoms. The third kappa shape index (κ3) is 3.09. The molecule has 1 heterocycles. The summed E-state index contributed by atoms with van der Waals surface area (Å²) in [6.07, 6.45) is 2.23. The summed E-state index contributed by atoms with van der Waals surface area (Å²) in [5.74, 6) is 0.225. The number of aromatic nitrogens is 1. The van der Waals surface area contributed by atoms with Crippen LogP contribution in [0.25, 0.3) is 0 Å². The molecular formula is C12H16N2O3. The van der Waals surface area contributed by atoms with E-state index >= 15 is 0 Å². The van der Waals surface area contributed by atoms with Crippen LogP contribution in [0.15, 0.2) is 12.1 Å². The van der Waals surface area contributed by atoms with E-state index in [1.165, 1.54) is 0 Å². The van der Waals surface area contributed by atoms with Crippen molar-refractivity contribution in [3.8, 4) is 11.6 Å². The minimum atomic E-state index is -0.602. The van der Waals surface area contributed by atoms with Gasteiger partial charge in [0.25, 0.3) is 5.91 Å². The minimum Gasteiger partial charge on any atom is -0.488 e. The summed E-state index contributed by atoms with van der Waals surface area (Å²) in [4.78, 5) is 15.4. The Labute approximate surface area is 99.9 Å². The predicted octanol–water partition coefficient (Wildman–Crippen LogP) is 1.51. The van der Waals surface area contributed by atoms with E-state index in [0.717, 1.165) is 12.8 Å². The zero-order valence-corrected chi connectivity index (χ0v) is 9.97. The maximum absolute atomic E-state index is 11.3. The van der Waals surface area contributed by atoms with Crippen LogP contribution in [-0.4, -0.2) is 23.1 Å². The Bertz CT molecular complexity index is 428. The summed E-state index contributed by atoms with van der Waals surface area (Å²) in [6.45, 7) is 3.78. The second kappa shape index (κ2) is 4.61. The lowest BCUT2D eigenvalue weighted by molar-refractivity contribution is 0.0988. The number of carbonyl (C=O) groups excluding carboxylic acids is 1. The van der Waals surface area contributed by atoms with Gasteiger partial charge in [0.05, 0.1) is 12.2 Å². The van der Waals surface area contributed by atoms with Crippen molar-refractivity contribution < 1.29 is 14.3 Å². The summed E-state index contributed by atoms with van der Waals surface area (Å²) in [5.41, 5.74) is 5.41. The topological polar surface area (TPSA) is 74.4 Å². The number of ether oxygens (including phenoxy) is 2. The number of amides is 1. The molecule has 92 valence electrons. The largest absolute Gasteiger partial charge is 0.488 e. The Hall–Kier alpha value is -1.78. The average molecular weight is 236 g/mol. The van der Waals surface area contributed by atoms with Crippen molar-refractivity contribution in [2.75, 3.05) is 0 Å². The molecule has 0 aliphatic heterocycles. The molecule has 1 aliphatic rings. The highest BCUT2D eigenvalue weighted by atomic mass is 16.5. The fourth-order valence-electron chi connectivity index (χ4n) is 1.37. The van der Waals surface area contributed by atoms with E-state index in [4.69, 9.17) is 15.2 Å². The summed E-state index contributed by atoms with van der Waals surface area (Å²) < 4.78 is 11.0. The number of pyridine rings is 1. The van der Waals surface area contributed by atoms with Gasteiger partial charge in [-0.05, 0) is 32.8 Å². The van der Waals surface area contributed by atoms with Crippen molar-refractivity contribution in [1.82, 2.24) is 4.98 Å². The molecule has 1 saturated carbocycles. The third-order valence-corrected chi connectivity index (χ3v) is 2.24. The van der Waals surface area contributed by atoms with E-state index in [1.54, 1.807) is 12.1 Å². The fraction of sp³-hybridized carbons (Fsp3) is 0.500. The summed E-state index contributed by atoms with van der Waals surface area (Å²) in [5, 5.41) is 0. The van der Waals surface area contributed by atoms with Crippen LogP contribution in [0, 0.1) is 0 Å². The van der Waals surface area contributed by atoms with Crippen LogP contribution in [0.3, 0.4) is 0 Å². The van der Waals surface area contributed by atoms with E-state index in [1.807, 2.05) is 13.8 Å². The van der Waals surface area contributed by atoms with Crippen molar-refractivity contribution in [2.45, 2.75) is 38.9 Å². The van der Waals surface area contributed by atoms with Gasteiger partial charge in [-0.15, -0.1) is 0 Å². The van der Waals surface area contributed by atoms with Gasteiger partial charge in [-0.2, -0.15) is 0 Å². The lowest BCUT2D eigenvalue weighted by Crippen LogP contribution is -2.17. The molecule has 17 heavy (non-hydrogen) atoms. The van der Waals surface area contributed by atoms with Gasteiger partial charge in [-0.3, -0.25) is 4.79 Å². The maximum Gasteiger partial charge on any atom is 0.271 e. The first-order chi connectivity index (χ1) is 8.06. The smallest absolute Gasteiger partial charge is 0.271 e. The Morgan fingerprint density at radius 3 is 2.71 bits per heavy atom.